The quantitative estimate of drug-likeness (QED) is 0.638. The van der Waals surface area contributed by atoms with Crippen LogP contribution in [0.3, 0.4) is 0 Å². The molecule has 1 fully saturated rings. The SMILES string of the molecule is Cl.N[C@@H](c1cccc([N+](=O)[O-])c1)C1CC1. The molecule has 0 spiro atoms. The van der Waals surface area contributed by atoms with E-state index in [1.54, 1.807) is 12.1 Å². The van der Waals surface area contributed by atoms with Crippen molar-refractivity contribution < 1.29 is 4.92 Å². The van der Waals surface area contributed by atoms with E-state index in [4.69, 9.17) is 5.73 Å². The summed E-state index contributed by atoms with van der Waals surface area (Å²) in [5.41, 5.74) is 6.95. The molecular formula is C10H13ClN2O2. The largest absolute Gasteiger partial charge is 0.324 e. The maximum atomic E-state index is 10.5. The van der Waals surface area contributed by atoms with Crippen molar-refractivity contribution in [2.24, 2.45) is 11.7 Å². The lowest BCUT2D eigenvalue weighted by atomic mass is 10.0. The minimum Gasteiger partial charge on any atom is -0.324 e. The Kier molecular flexibility index (Phi) is 3.66. The average Bonchev–Trinajstić information content (AvgIpc) is 3.00. The first kappa shape index (κ1) is 11.9. The van der Waals surface area contributed by atoms with Crippen molar-refractivity contribution in [2.45, 2.75) is 18.9 Å². The molecule has 2 N–H and O–H groups in total. The van der Waals surface area contributed by atoms with Crippen LogP contribution in [0, 0.1) is 16.0 Å². The molecule has 1 saturated carbocycles. The fourth-order valence-electron chi connectivity index (χ4n) is 1.57. The summed E-state index contributed by atoms with van der Waals surface area (Å²) in [6.07, 6.45) is 2.29. The first-order chi connectivity index (χ1) is 6.68. The van der Waals surface area contributed by atoms with Gasteiger partial charge in [-0.2, -0.15) is 0 Å². The summed E-state index contributed by atoms with van der Waals surface area (Å²) in [7, 11) is 0. The van der Waals surface area contributed by atoms with Crippen LogP contribution in [-0.4, -0.2) is 4.92 Å². The van der Waals surface area contributed by atoms with Crippen LogP contribution < -0.4 is 5.73 Å². The standard InChI is InChI=1S/C10H12N2O2.ClH/c11-10(7-4-5-7)8-2-1-3-9(6-8)12(13)14;/h1-3,6-7,10H,4-5,11H2;1H/t10-;/m1./s1. The Morgan fingerprint density at radius 2 is 2.13 bits per heavy atom. The topological polar surface area (TPSA) is 69.2 Å². The molecule has 1 aromatic carbocycles. The van der Waals surface area contributed by atoms with Gasteiger partial charge in [0.1, 0.15) is 0 Å². The van der Waals surface area contributed by atoms with Gasteiger partial charge in [0, 0.05) is 18.2 Å². The lowest BCUT2D eigenvalue weighted by Gasteiger charge is -2.09. The summed E-state index contributed by atoms with van der Waals surface area (Å²) in [6, 6.07) is 6.58. The van der Waals surface area contributed by atoms with Gasteiger partial charge >= 0.3 is 0 Å². The number of non-ortho nitro benzene ring substituents is 1. The average molecular weight is 229 g/mol. The van der Waals surface area contributed by atoms with Crippen molar-refractivity contribution in [3.05, 3.63) is 39.9 Å². The fraction of sp³-hybridized carbons (Fsp3) is 0.400. The van der Waals surface area contributed by atoms with Gasteiger partial charge in [0.05, 0.1) is 4.92 Å². The van der Waals surface area contributed by atoms with Gasteiger partial charge in [0.2, 0.25) is 0 Å². The van der Waals surface area contributed by atoms with Gasteiger partial charge in [-0.25, -0.2) is 0 Å². The highest BCUT2D eigenvalue weighted by Gasteiger charge is 2.29. The highest BCUT2D eigenvalue weighted by molar-refractivity contribution is 5.85. The Morgan fingerprint density at radius 1 is 1.47 bits per heavy atom. The number of benzene rings is 1. The van der Waals surface area contributed by atoms with Crippen LogP contribution in [0.4, 0.5) is 5.69 Å². The zero-order chi connectivity index (χ0) is 10.1. The number of hydrogen-bond acceptors (Lipinski definition) is 3. The van der Waals surface area contributed by atoms with Gasteiger partial charge in [-0.05, 0) is 24.3 Å². The van der Waals surface area contributed by atoms with Gasteiger partial charge in [0.25, 0.3) is 5.69 Å². The maximum Gasteiger partial charge on any atom is 0.269 e. The molecule has 0 saturated heterocycles. The predicted molar refractivity (Wildman–Crippen MR) is 60.0 cm³/mol. The number of nitrogens with two attached hydrogens (primary N) is 1. The summed E-state index contributed by atoms with van der Waals surface area (Å²) >= 11 is 0. The molecule has 0 aliphatic heterocycles. The summed E-state index contributed by atoms with van der Waals surface area (Å²) in [4.78, 5) is 10.1. The number of nitro groups is 1. The summed E-state index contributed by atoms with van der Waals surface area (Å²) < 4.78 is 0. The smallest absolute Gasteiger partial charge is 0.269 e. The molecule has 15 heavy (non-hydrogen) atoms. The molecule has 2 rings (SSSR count). The zero-order valence-electron chi connectivity index (χ0n) is 8.13. The predicted octanol–water partition coefficient (Wildman–Crippen LogP) is 2.43. The van der Waals surface area contributed by atoms with Crippen molar-refractivity contribution in [3.63, 3.8) is 0 Å². The van der Waals surface area contributed by atoms with Gasteiger partial charge in [-0.15, -0.1) is 12.4 Å². The van der Waals surface area contributed by atoms with Crippen molar-refractivity contribution >= 4 is 18.1 Å². The Hall–Kier alpha value is -1.13. The minimum atomic E-state index is -0.386. The van der Waals surface area contributed by atoms with E-state index in [1.165, 1.54) is 6.07 Å². The fourth-order valence-corrected chi connectivity index (χ4v) is 1.57. The highest BCUT2D eigenvalue weighted by Crippen LogP contribution is 2.39. The molecule has 0 amide bonds. The molecule has 1 aliphatic rings. The normalized spacial score (nSPS) is 16.6. The van der Waals surface area contributed by atoms with E-state index in [2.05, 4.69) is 0 Å². The second-order valence-electron chi connectivity index (χ2n) is 3.72. The monoisotopic (exact) mass is 228 g/mol. The Balaban J connectivity index is 0.00000112. The third-order valence-corrected chi connectivity index (χ3v) is 2.60. The van der Waals surface area contributed by atoms with Gasteiger partial charge in [-0.1, -0.05) is 12.1 Å². The van der Waals surface area contributed by atoms with E-state index in [-0.39, 0.29) is 29.1 Å². The maximum absolute atomic E-state index is 10.5. The van der Waals surface area contributed by atoms with E-state index < -0.39 is 0 Å². The second kappa shape index (κ2) is 4.59. The number of hydrogen-bond donors (Lipinski definition) is 1. The molecule has 1 aromatic rings. The Bertz CT molecular complexity index is 366. The van der Waals surface area contributed by atoms with Crippen LogP contribution in [0.1, 0.15) is 24.4 Å². The zero-order valence-corrected chi connectivity index (χ0v) is 8.94. The van der Waals surface area contributed by atoms with Crippen LogP contribution in [0.5, 0.6) is 0 Å². The van der Waals surface area contributed by atoms with Crippen molar-refractivity contribution in [1.82, 2.24) is 0 Å². The lowest BCUT2D eigenvalue weighted by Crippen LogP contribution is -2.12. The second-order valence-corrected chi connectivity index (χ2v) is 3.72. The van der Waals surface area contributed by atoms with E-state index in [0.29, 0.717) is 5.92 Å². The first-order valence-corrected chi connectivity index (χ1v) is 4.68. The number of nitrogens with zero attached hydrogens (tertiary/aromatic N) is 1. The Labute approximate surface area is 94.0 Å². The van der Waals surface area contributed by atoms with Gasteiger partial charge in [0.15, 0.2) is 0 Å². The molecular weight excluding hydrogens is 216 g/mol. The van der Waals surface area contributed by atoms with Crippen molar-refractivity contribution in [3.8, 4) is 0 Å². The lowest BCUT2D eigenvalue weighted by molar-refractivity contribution is -0.384. The van der Waals surface area contributed by atoms with Gasteiger partial charge in [-0.3, -0.25) is 10.1 Å². The molecule has 82 valence electrons. The molecule has 0 aromatic heterocycles. The summed E-state index contributed by atoms with van der Waals surface area (Å²) in [5, 5.41) is 10.5. The van der Waals surface area contributed by atoms with E-state index >= 15 is 0 Å². The highest BCUT2D eigenvalue weighted by atomic mass is 35.5. The Morgan fingerprint density at radius 3 is 2.67 bits per heavy atom. The summed E-state index contributed by atoms with van der Waals surface area (Å²) in [5.74, 6) is 0.525. The van der Waals surface area contributed by atoms with Crippen LogP contribution in [-0.2, 0) is 0 Å². The third kappa shape index (κ3) is 2.67. The molecule has 1 atom stereocenters. The number of rotatable bonds is 3. The number of nitro benzene ring substituents is 1. The molecule has 5 heteroatoms. The summed E-state index contributed by atoms with van der Waals surface area (Å²) in [6.45, 7) is 0. The first-order valence-electron chi connectivity index (χ1n) is 4.68. The molecule has 0 heterocycles. The molecule has 0 radical (unpaired) electrons. The van der Waals surface area contributed by atoms with E-state index in [1.807, 2.05) is 6.07 Å². The molecule has 1 aliphatic carbocycles. The third-order valence-electron chi connectivity index (χ3n) is 2.60. The minimum absolute atomic E-state index is 0. The van der Waals surface area contributed by atoms with Crippen LogP contribution >= 0.6 is 12.4 Å². The van der Waals surface area contributed by atoms with Crippen LogP contribution in [0.15, 0.2) is 24.3 Å². The van der Waals surface area contributed by atoms with Crippen molar-refractivity contribution in [1.29, 1.82) is 0 Å². The van der Waals surface area contributed by atoms with Crippen LogP contribution in [0.25, 0.3) is 0 Å². The van der Waals surface area contributed by atoms with Gasteiger partial charge < -0.3 is 5.73 Å². The van der Waals surface area contributed by atoms with Crippen molar-refractivity contribution in [2.75, 3.05) is 0 Å². The van der Waals surface area contributed by atoms with E-state index in [9.17, 15) is 10.1 Å². The molecule has 0 bridgehead atoms. The van der Waals surface area contributed by atoms with E-state index in [0.717, 1.165) is 18.4 Å². The van der Waals surface area contributed by atoms with Crippen LogP contribution in [0.2, 0.25) is 0 Å². The molecule has 4 nitrogen and oxygen atoms in total. The number of halogens is 1. The molecule has 0 unspecified atom stereocenters.